The number of hydrogen-bond donors (Lipinski definition) is 1. The number of hydrogen-bond acceptors (Lipinski definition) is 5. The molecular formula is C17H11N3OS. The second kappa shape index (κ2) is 5.20. The predicted octanol–water partition coefficient (Wildman–Crippen LogP) is 4.13. The summed E-state index contributed by atoms with van der Waals surface area (Å²) < 4.78 is 0.693. The first-order valence-electron chi connectivity index (χ1n) is 6.78. The largest absolute Gasteiger partial charge is 0.492 e. The summed E-state index contributed by atoms with van der Waals surface area (Å²) in [5.41, 5.74) is 2.48. The summed E-state index contributed by atoms with van der Waals surface area (Å²) in [7, 11) is 0. The van der Waals surface area contributed by atoms with Crippen LogP contribution in [0.25, 0.3) is 32.2 Å². The smallest absolute Gasteiger partial charge is 0.233 e. The molecule has 0 aliphatic heterocycles. The van der Waals surface area contributed by atoms with Crippen molar-refractivity contribution in [2.45, 2.75) is 0 Å². The third-order valence-corrected chi connectivity index (χ3v) is 4.48. The van der Waals surface area contributed by atoms with E-state index in [2.05, 4.69) is 15.0 Å². The lowest BCUT2D eigenvalue weighted by atomic mass is 10.2. The molecule has 0 spiro atoms. The van der Waals surface area contributed by atoms with E-state index in [1.54, 1.807) is 6.20 Å². The highest BCUT2D eigenvalue weighted by Crippen LogP contribution is 2.37. The Hall–Kier alpha value is -2.79. The monoisotopic (exact) mass is 305 g/mol. The second-order valence-electron chi connectivity index (χ2n) is 4.78. The van der Waals surface area contributed by atoms with E-state index >= 15 is 0 Å². The highest BCUT2D eigenvalue weighted by molar-refractivity contribution is 7.22. The molecule has 0 atom stereocenters. The Labute approximate surface area is 130 Å². The molecule has 3 aromatic heterocycles. The Balaban J connectivity index is 1.88. The standard InChI is InChI=1S/C17H11N3OS/c21-17-15-13(10-14(22-15)11-6-2-1-3-7-11)19-16(20-17)12-8-4-5-9-18-12/h1-10H,(H,19,20,21). The molecule has 0 unspecified atom stereocenters. The minimum atomic E-state index is -0.00201. The van der Waals surface area contributed by atoms with Crippen molar-refractivity contribution in [2.75, 3.05) is 0 Å². The van der Waals surface area contributed by atoms with Crippen LogP contribution in [0.4, 0.5) is 0 Å². The van der Waals surface area contributed by atoms with Crippen LogP contribution < -0.4 is 0 Å². The van der Waals surface area contributed by atoms with Gasteiger partial charge < -0.3 is 5.11 Å². The van der Waals surface area contributed by atoms with Crippen LogP contribution in [0.3, 0.4) is 0 Å². The van der Waals surface area contributed by atoms with E-state index in [4.69, 9.17) is 0 Å². The zero-order valence-corrected chi connectivity index (χ0v) is 12.3. The normalized spacial score (nSPS) is 10.9. The van der Waals surface area contributed by atoms with Gasteiger partial charge >= 0.3 is 0 Å². The van der Waals surface area contributed by atoms with Gasteiger partial charge in [-0.15, -0.1) is 11.3 Å². The van der Waals surface area contributed by atoms with Gasteiger partial charge in [-0.3, -0.25) is 4.98 Å². The maximum atomic E-state index is 10.2. The van der Waals surface area contributed by atoms with Crippen LogP contribution >= 0.6 is 11.3 Å². The van der Waals surface area contributed by atoms with Crippen LogP contribution in [0.5, 0.6) is 5.88 Å². The molecule has 0 saturated heterocycles. The number of aromatic hydroxyl groups is 1. The average Bonchev–Trinajstić information content (AvgIpc) is 3.01. The average molecular weight is 305 g/mol. The summed E-state index contributed by atoms with van der Waals surface area (Å²) in [4.78, 5) is 14.0. The number of aromatic nitrogens is 3. The highest BCUT2D eigenvalue weighted by Gasteiger charge is 2.13. The van der Waals surface area contributed by atoms with Gasteiger partial charge in [-0.1, -0.05) is 36.4 Å². The Morgan fingerprint density at radius 2 is 1.73 bits per heavy atom. The van der Waals surface area contributed by atoms with Crippen molar-refractivity contribution in [2.24, 2.45) is 0 Å². The maximum Gasteiger partial charge on any atom is 0.233 e. The van der Waals surface area contributed by atoms with E-state index in [1.807, 2.05) is 54.6 Å². The SMILES string of the molecule is Oc1nc(-c2ccccn2)nc2cc(-c3ccccc3)sc12. The fourth-order valence-electron chi connectivity index (χ4n) is 2.27. The molecule has 3 heterocycles. The van der Waals surface area contributed by atoms with Gasteiger partial charge in [0.1, 0.15) is 10.4 Å². The molecule has 106 valence electrons. The molecule has 22 heavy (non-hydrogen) atoms. The number of thiophene rings is 1. The first-order chi connectivity index (χ1) is 10.8. The molecular weight excluding hydrogens is 294 g/mol. The van der Waals surface area contributed by atoms with Gasteiger partial charge in [-0.25, -0.2) is 4.98 Å². The Bertz CT molecular complexity index is 936. The number of fused-ring (bicyclic) bond motifs is 1. The van der Waals surface area contributed by atoms with Gasteiger partial charge in [-0.2, -0.15) is 4.98 Å². The first-order valence-corrected chi connectivity index (χ1v) is 7.60. The molecule has 4 nitrogen and oxygen atoms in total. The quantitative estimate of drug-likeness (QED) is 0.605. The van der Waals surface area contributed by atoms with E-state index < -0.39 is 0 Å². The molecule has 0 radical (unpaired) electrons. The third-order valence-electron chi connectivity index (χ3n) is 3.31. The molecule has 0 saturated carbocycles. The minimum Gasteiger partial charge on any atom is -0.492 e. The van der Waals surface area contributed by atoms with Crippen LogP contribution in [0.15, 0.2) is 60.8 Å². The van der Waals surface area contributed by atoms with Gasteiger partial charge in [0.05, 0.1) is 5.52 Å². The van der Waals surface area contributed by atoms with E-state index in [1.165, 1.54) is 11.3 Å². The van der Waals surface area contributed by atoms with Crippen molar-refractivity contribution in [1.29, 1.82) is 0 Å². The van der Waals surface area contributed by atoms with E-state index in [-0.39, 0.29) is 5.88 Å². The summed E-state index contributed by atoms with van der Waals surface area (Å²) in [6, 6.07) is 17.5. The van der Waals surface area contributed by atoms with Crippen molar-refractivity contribution in [3.63, 3.8) is 0 Å². The third kappa shape index (κ3) is 2.21. The molecule has 1 N–H and O–H groups in total. The first kappa shape index (κ1) is 12.9. The van der Waals surface area contributed by atoms with Crippen LogP contribution in [0.2, 0.25) is 0 Å². The summed E-state index contributed by atoms with van der Waals surface area (Å²) in [5, 5.41) is 10.2. The number of pyridine rings is 1. The van der Waals surface area contributed by atoms with E-state index in [0.29, 0.717) is 16.2 Å². The Kier molecular flexibility index (Phi) is 3.05. The zero-order chi connectivity index (χ0) is 14.9. The molecule has 4 aromatic rings. The number of benzene rings is 1. The topological polar surface area (TPSA) is 58.9 Å². The molecule has 1 aromatic carbocycles. The second-order valence-corrected chi connectivity index (χ2v) is 5.83. The summed E-state index contributed by atoms with van der Waals surface area (Å²) in [6.45, 7) is 0. The molecule has 0 aliphatic carbocycles. The molecule has 4 rings (SSSR count). The van der Waals surface area contributed by atoms with Crippen LogP contribution in [0.1, 0.15) is 0 Å². The Morgan fingerprint density at radius 3 is 2.50 bits per heavy atom. The summed E-state index contributed by atoms with van der Waals surface area (Å²) in [6.07, 6.45) is 1.68. The molecule has 5 heteroatoms. The van der Waals surface area contributed by atoms with Gasteiger partial charge in [-0.05, 0) is 23.8 Å². The van der Waals surface area contributed by atoms with Crippen molar-refractivity contribution in [3.05, 3.63) is 60.8 Å². The van der Waals surface area contributed by atoms with Crippen molar-refractivity contribution in [3.8, 4) is 27.8 Å². The Morgan fingerprint density at radius 1 is 0.909 bits per heavy atom. The fraction of sp³-hybridized carbons (Fsp3) is 0. The number of rotatable bonds is 2. The van der Waals surface area contributed by atoms with Crippen LogP contribution in [-0.2, 0) is 0 Å². The zero-order valence-electron chi connectivity index (χ0n) is 11.5. The lowest BCUT2D eigenvalue weighted by molar-refractivity contribution is 0.461. The predicted molar refractivity (Wildman–Crippen MR) is 87.7 cm³/mol. The summed E-state index contributed by atoms with van der Waals surface area (Å²) in [5.74, 6) is 0.431. The molecule has 0 amide bonds. The van der Waals surface area contributed by atoms with Gasteiger partial charge in [0.25, 0.3) is 0 Å². The molecule has 0 fully saturated rings. The van der Waals surface area contributed by atoms with Crippen molar-refractivity contribution in [1.82, 2.24) is 15.0 Å². The van der Waals surface area contributed by atoms with E-state index in [0.717, 1.165) is 16.0 Å². The maximum absolute atomic E-state index is 10.2. The van der Waals surface area contributed by atoms with Crippen molar-refractivity contribution >= 4 is 21.6 Å². The van der Waals surface area contributed by atoms with Crippen molar-refractivity contribution < 1.29 is 5.11 Å². The molecule has 0 bridgehead atoms. The lowest BCUT2D eigenvalue weighted by Crippen LogP contribution is -1.91. The van der Waals surface area contributed by atoms with E-state index in [9.17, 15) is 5.11 Å². The van der Waals surface area contributed by atoms with Gasteiger partial charge in [0, 0.05) is 11.1 Å². The van der Waals surface area contributed by atoms with Crippen LogP contribution in [0, 0.1) is 0 Å². The number of nitrogens with zero attached hydrogens (tertiary/aromatic N) is 3. The fourth-order valence-corrected chi connectivity index (χ4v) is 3.26. The minimum absolute atomic E-state index is 0.00201. The molecule has 0 aliphatic rings. The highest BCUT2D eigenvalue weighted by atomic mass is 32.1. The van der Waals surface area contributed by atoms with Gasteiger partial charge in [0.2, 0.25) is 5.88 Å². The lowest BCUT2D eigenvalue weighted by Gasteiger charge is -2.00. The summed E-state index contributed by atoms with van der Waals surface area (Å²) >= 11 is 1.49. The van der Waals surface area contributed by atoms with Crippen LogP contribution in [-0.4, -0.2) is 20.1 Å². The van der Waals surface area contributed by atoms with Gasteiger partial charge in [0.15, 0.2) is 5.82 Å².